The van der Waals surface area contributed by atoms with Gasteiger partial charge >= 0.3 is 0 Å². The van der Waals surface area contributed by atoms with Gasteiger partial charge in [0.2, 0.25) is 0 Å². The molecule has 0 radical (unpaired) electrons. The average Bonchev–Trinajstić information content (AvgIpc) is 2.43. The first-order chi connectivity index (χ1) is 9.49. The van der Waals surface area contributed by atoms with Crippen molar-refractivity contribution < 1.29 is 27.0 Å². The number of rotatable bonds is 3. The van der Waals surface area contributed by atoms with E-state index < -0.39 is 29.7 Å². The van der Waals surface area contributed by atoms with Gasteiger partial charge in [0.25, 0.3) is 0 Å². The van der Waals surface area contributed by atoms with Crippen LogP contribution in [0.1, 0.15) is 11.1 Å². The van der Waals surface area contributed by atoms with E-state index in [4.69, 9.17) is 0 Å². The smallest absolute Gasteiger partial charge is 0.174 e. The van der Waals surface area contributed by atoms with Gasteiger partial charge in [-0.3, -0.25) is 4.94 Å². The molecular weight excluding hydrogens is 279 g/mol. The van der Waals surface area contributed by atoms with Gasteiger partial charge in [-0.15, -0.1) is 0 Å². The van der Waals surface area contributed by atoms with E-state index in [9.17, 15) is 22.1 Å². The average molecular weight is 288 g/mol. The van der Waals surface area contributed by atoms with Gasteiger partial charge in [-0.05, 0) is 36.2 Å². The Hall–Kier alpha value is -2.11. The second kappa shape index (κ2) is 5.48. The van der Waals surface area contributed by atoms with Gasteiger partial charge in [0.1, 0.15) is 24.1 Å². The molecule has 0 aromatic heterocycles. The SMILES string of the molecule is Cc1c(-c2ccc(OF)cc2F)cc(F)c(CF)c1F. The normalized spacial score (nSPS) is 10.7. The van der Waals surface area contributed by atoms with Gasteiger partial charge in [-0.1, -0.05) is 0 Å². The summed E-state index contributed by atoms with van der Waals surface area (Å²) in [5, 5.41) is 0. The summed E-state index contributed by atoms with van der Waals surface area (Å²) < 4.78 is 65.6. The maximum Gasteiger partial charge on any atom is 0.174 e. The summed E-state index contributed by atoms with van der Waals surface area (Å²) in [7, 11) is 0. The fraction of sp³-hybridized carbons (Fsp3) is 0.143. The largest absolute Gasteiger partial charge is 0.294 e. The Morgan fingerprint density at radius 3 is 2.25 bits per heavy atom. The van der Waals surface area contributed by atoms with E-state index in [1.165, 1.54) is 6.92 Å². The molecule has 1 nitrogen and oxygen atoms in total. The Morgan fingerprint density at radius 2 is 1.70 bits per heavy atom. The third-order valence-corrected chi connectivity index (χ3v) is 3.01. The van der Waals surface area contributed by atoms with Crippen molar-refractivity contribution in [3.8, 4) is 16.9 Å². The zero-order valence-electron chi connectivity index (χ0n) is 10.3. The Morgan fingerprint density at radius 1 is 1.00 bits per heavy atom. The van der Waals surface area contributed by atoms with Gasteiger partial charge in [0.05, 0.1) is 5.56 Å². The molecule has 0 amide bonds. The zero-order valence-corrected chi connectivity index (χ0v) is 10.3. The van der Waals surface area contributed by atoms with Crippen molar-refractivity contribution in [1.82, 2.24) is 0 Å². The van der Waals surface area contributed by atoms with E-state index in [0.29, 0.717) is 0 Å². The molecule has 0 aliphatic carbocycles. The molecular formula is C14H9F5O. The van der Waals surface area contributed by atoms with Crippen LogP contribution >= 0.6 is 0 Å². The molecule has 0 aliphatic heterocycles. The lowest BCUT2D eigenvalue weighted by atomic mass is 9.97. The van der Waals surface area contributed by atoms with Gasteiger partial charge < -0.3 is 0 Å². The molecule has 0 saturated carbocycles. The molecule has 20 heavy (non-hydrogen) atoms. The molecule has 0 heterocycles. The van der Waals surface area contributed by atoms with Crippen LogP contribution < -0.4 is 4.94 Å². The third kappa shape index (κ3) is 2.33. The van der Waals surface area contributed by atoms with E-state index in [1.807, 2.05) is 0 Å². The zero-order chi connectivity index (χ0) is 14.9. The molecule has 106 valence electrons. The number of alkyl halides is 1. The summed E-state index contributed by atoms with van der Waals surface area (Å²) in [5.41, 5.74) is -0.992. The summed E-state index contributed by atoms with van der Waals surface area (Å²) in [6.45, 7) is -0.0157. The summed E-state index contributed by atoms with van der Waals surface area (Å²) in [6.07, 6.45) is 0. The van der Waals surface area contributed by atoms with E-state index in [1.54, 1.807) is 0 Å². The van der Waals surface area contributed by atoms with Crippen LogP contribution in [0.4, 0.5) is 22.1 Å². The van der Waals surface area contributed by atoms with Gasteiger partial charge in [0, 0.05) is 16.2 Å². The fourth-order valence-electron chi connectivity index (χ4n) is 1.94. The number of hydrogen-bond donors (Lipinski definition) is 0. The minimum atomic E-state index is -1.30. The Bertz CT molecular complexity index is 654. The topological polar surface area (TPSA) is 9.23 Å². The molecule has 2 aromatic carbocycles. The number of halogens is 5. The van der Waals surface area contributed by atoms with Crippen molar-refractivity contribution in [2.75, 3.05) is 0 Å². The van der Waals surface area contributed by atoms with Crippen molar-refractivity contribution in [3.05, 3.63) is 52.8 Å². The van der Waals surface area contributed by atoms with Crippen molar-refractivity contribution >= 4 is 0 Å². The molecule has 0 bridgehead atoms. The van der Waals surface area contributed by atoms with Crippen LogP contribution in [0, 0.1) is 24.4 Å². The van der Waals surface area contributed by atoms with Crippen molar-refractivity contribution in [2.45, 2.75) is 13.6 Å². The Kier molecular flexibility index (Phi) is 3.92. The van der Waals surface area contributed by atoms with Crippen LogP contribution in [-0.2, 0) is 6.67 Å². The van der Waals surface area contributed by atoms with Crippen LogP contribution in [-0.4, -0.2) is 0 Å². The quantitative estimate of drug-likeness (QED) is 0.736. The standard InChI is InChI=1S/C14H9F5O/c1-7-10(5-13(17)11(6-15)14(7)18)9-3-2-8(20-19)4-12(9)16/h2-5H,6H2,1H3. The van der Waals surface area contributed by atoms with E-state index in [0.717, 1.165) is 24.3 Å². The highest BCUT2D eigenvalue weighted by atomic mass is 19.3. The summed E-state index contributed by atoms with van der Waals surface area (Å²) in [5.74, 6) is -3.44. The van der Waals surface area contributed by atoms with Gasteiger partial charge in [0.15, 0.2) is 5.75 Å². The third-order valence-electron chi connectivity index (χ3n) is 3.01. The highest BCUT2D eigenvalue weighted by Gasteiger charge is 2.18. The fourth-order valence-corrected chi connectivity index (χ4v) is 1.94. The van der Waals surface area contributed by atoms with Crippen LogP contribution in [0.2, 0.25) is 0 Å². The highest BCUT2D eigenvalue weighted by molar-refractivity contribution is 5.69. The van der Waals surface area contributed by atoms with Crippen LogP contribution in [0.5, 0.6) is 5.75 Å². The van der Waals surface area contributed by atoms with Crippen LogP contribution in [0.15, 0.2) is 24.3 Å². The summed E-state index contributed by atoms with van der Waals surface area (Å²) in [6, 6.07) is 3.83. The lowest BCUT2D eigenvalue weighted by Gasteiger charge is -2.12. The van der Waals surface area contributed by atoms with E-state index >= 15 is 0 Å². The summed E-state index contributed by atoms with van der Waals surface area (Å²) in [4.78, 5) is 3.36. The number of hydrogen-bond acceptors (Lipinski definition) is 1. The van der Waals surface area contributed by atoms with Crippen molar-refractivity contribution in [2.24, 2.45) is 0 Å². The first kappa shape index (κ1) is 14.3. The Balaban J connectivity index is 2.64. The predicted molar refractivity (Wildman–Crippen MR) is 63.0 cm³/mol. The van der Waals surface area contributed by atoms with Crippen molar-refractivity contribution in [1.29, 1.82) is 0 Å². The molecule has 0 fully saturated rings. The number of benzene rings is 2. The molecule has 6 heteroatoms. The minimum absolute atomic E-state index is 0.0693. The maximum atomic E-state index is 13.8. The molecule has 0 spiro atoms. The van der Waals surface area contributed by atoms with Crippen LogP contribution in [0.25, 0.3) is 11.1 Å². The lowest BCUT2D eigenvalue weighted by Crippen LogP contribution is -2.00. The van der Waals surface area contributed by atoms with Crippen molar-refractivity contribution in [3.63, 3.8) is 0 Å². The minimum Gasteiger partial charge on any atom is -0.294 e. The van der Waals surface area contributed by atoms with E-state index in [-0.39, 0.29) is 22.4 Å². The first-order valence-electron chi connectivity index (χ1n) is 5.61. The van der Waals surface area contributed by atoms with Gasteiger partial charge in [-0.2, -0.15) is 0 Å². The molecule has 2 rings (SSSR count). The molecule has 2 aromatic rings. The maximum absolute atomic E-state index is 13.8. The van der Waals surface area contributed by atoms with Gasteiger partial charge in [-0.25, -0.2) is 17.6 Å². The predicted octanol–water partition coefficient (Wildman–Crippen LogP) is 4.81. The second-order valence-corrected chi connectivity index (χ2v) is 4.18. The molecule has 0 unspecified atom stereocenters. The van der Waals surface area contributed by atoms with E-state index in [2.05, 4.69) is 4.94 Å². The lowest BCUT2D eigenvalue weighted by molar-refractivity contribution is -0.00652. The monoisotopic (exact) mass is 288 g/mol. The van der Waals surface area contributed by atoms with Crippen LogP contribution in [0.3, 0.4) is 0 Å². The summed E-state index contributed by atoms with van der Waals surface area (Å²) >= 11 is 0. The highest BCUT2D eigenvalue weighted by Crippen LogP contribution is 2.32. The molecule has 0 saturated heterocycles. The molecule has 0 atom stereocenters. The molecule has 0 N–H and O–H groups in total. The first-order valence-corrected chi connectivity index (χ1v) is 5.61. The second-order valence-electron chi connectivity index (χ2n) is 4.18. The Labute approximate surface area is 111 Å². The molecule has 0 aliphatic rings.